The maximum atomic E-state index is 11.0. The van der Waals surface area contributed by atoms with E-state index in [0.29, 0.717) is 24.3 Å². The standard InChI is InChI=1S/C12H11N3O3/c1-18-11-6-5-9(8-10(11)12(16)17)4-2-3-7-14-15-13/h5-6,8H,3,7H2,1H3,(H,16,17). The van der Waals surface area contributed by atoms with E-state index in [-0.39, 0.29) is 5.56 Å². The zero-order valence-electron chi connectivity index (χ0n) is 9.75. The molecule has 0 fully saturated rings. The minimum absolute atomic E-state index is 0.0688. The van der Waals surface area contributed by atoms with Crippen LogP contribution in [0.2, 0.25) is 0 Å². The van der Waals surface area contributed by atoms with Gasteiger partial charge in [0.25, 0.3) is 0 Å². The number of azide groups is 1. The monoisotopic (exact) mass is 245 g/mol. The van der Waals surface area contributed by atoms with Crippen LogP contribution in [-0.4, -0.2) is 24.7 Å². The van der Waals surface area contributed by atoms with E-state index in [1.807, 2.05) is 0 Å². The van der Waals surface area contributed by atoms with E-state index in [2.05, 4.69) is 21.9 Å². The number of aromatic carboxylic acids is 1. The molecule has 0 spiro atoms. The molecule has 0 aliphatic heterocycles. The van der Waals surface area contributed by atoms with Crippen LogP contribution < -0.4 is 4.74 Å². The second kappa shape index (κ2) is 6.84. The molecule has 1 rings (SSSR count). The molecule has 1 aromatic carbocycles. The molecule has 0 heterocycles. The topological polar surface area (TPSA) is 95.3 Å². The van der Waals surface area contributed by atoms with E-state index >= 15 is 0 Å². The number of ether oxygens (including phenoxy) is 1. The first-order chi connectivity index (χ1) is 8.69. The van der Waals surface area contributed by atoms with E-state index in [9.17, 15) is 4.79 Å². The molecule has 92 valence electrons. The van der Waals surface area contributed by atoms with E-state index in [1.165, 1.54) is 13.2 Å². The fourth-order valence-electron chi connectivity index (χ4n) is 1.27. The molecular formula is C12H11N3O3. The number of nitrogens with zero attached hydrogens (tertiary/aromatic N) is 3. The van der Waals surface area contributed by atoms with Gasteiger partial charge in [0.05, 0.1) is 7.11 Å². The van der Waals surface area contributed by atoms with Gasteiger partial charge in [0, 0.05) is 23.4 Å². The third-order valence-electron chi connectivity index (χ3n) is 2.06. The first-order valence-electron chi connectivity index (χ1n) is 5.10. The highest BCUT2D eigenvalue weighted by molar-refractivity contribution is 5.91. The predicted octanol–water partition coefficient (Wildman–Crippen LogP) is 2.45. The fourth-order valence-corrected chi connectivity index (χ4v) is 1.27. The molecule has 0 amide bonds. The summed E-state index contributed by atoms with van der Waals surface area (Å²) in [5, 5.41) is 12.3. The van der Waals surface area contributed by atoms with Gasteiger partial charge in [0.15, 0.2) is 0 Å². The highest BCUT2D eigenvalue weighted by Gasteiger charge is 2.10. The van der Waals surface area contributed by atoms with Crippen LogP contribution in [0.25, 0.3) is 10.4 Å². The van der Waals surface area contributed by atoms with Crippen molar-refractivity contribution in [1.82, 2.24) is 0 Å². The molecule has 0 radical (unpaired) electrons. The SMILES string of the molecule is COc1ccc(C#CCCN=[N+]=[N-])cc1C(=O)O. The summed E-state index contributed by atoms with van der Waals surface area (Å²) in [7, 11) is 1.41. The Morgan fingerprint density at radius 3 is 3.00 bits per heavy atom. The van der Waals surface area contributed by atoms with Crippen LogP contribution in [-0.2, 0) is 0 Å². The second-order valence-corrected chi connectivity index (χ2v) is 3.23. The summed E-state index contributed by atoms with van der Waals surface area (Å²) in [6, 6.07) is 4.68. The summed E-state index contributed by atoms with van der Waals surface area (Å²) in [5.41, 5.74) is 8.72. The number of benzene rings is 1. The number of hydrogen-bond acceptors (Lipinski definition) is 3. The fraction of sp³-hybridized carbons (Fsp3) is 0.250. The Balaban J connectivity index is 2.88. The van der Waals surface area contributed by atoms with Crippen molar-refractivity contribution in [3.05, 3.63) is 39.8 Å². The summed E-state index contributed by atoms with van der Waals surface area (Å²) >= 11 is 0. The van der Waals surface area contributed by atoms with Crippen molar-refractivity contribution < 1.29 is 14.6 Å². The van der Waals surface area contributed by atoms with Gasteiger partial charge >= 0.3 is 5.97 Å². The predicted molar refractivity (Wildman–Crippen MR) is 65.5 cm³/mol. The molecule has 0 atom stereocenters. The zero-order chi connectivity index (χ0) is 13.4. The summed E-state index contributed by atoms with van der Waals surface area (Å²) < 4.78 is 4.94. The molecule has 1 aromatic rings. The van der Waals surface area contributed by atoms with Gasteiger partial charge in [0.1, 0.15) is 11.3 Å². The van der Waals surface area contributed by atoms with Crippen molar-refractivity contribution in [3.8, 4) is 17.6 Å². The largest absolute Gasteiger partial charge is 0.496 e. The van der Waals surface area contributed by atoms with Crippen molar-refractivity contribution in [2.24, 2.45) is 5.11 Å². The number of rotatable bonds is 4. The Morgan fingerprint density at radius 1 is 1.61 bits per heavy atom. The average molecular weight is 245 g/mol. The number of carboxylic acids is 1. The third-order valence-corrected chi connectivity index (χ3v) is 2.06. The lowest BCUT2D eigenvalue weighted by Crippen LogP contribution is -2.00. The maximum Gasteiger partial charge on any atom is 0.339 e. The third kappa shape index (κ3) is 3.74. The van der Waals surface area contributed by atoms with Gasteiger partial charge in [-0.3, -0.25) is 0 Å². The van der Waals surface area contributed by atoms with Gasteiger partial charge in [0.2, 0.25) is 0 Å². The number of hydrogen-bond donors (Lipinski definition) is 1. The molecule has 0 unspecified atom stereocenters. The Labute approximate surface area is 104 Å². The summed E-state index contributed by atoms with van der Waals surface area (Å²) in [6.07, 6.45) is 0.429. The number of carboxylic acid groups (broad SMARTS) is 1. The highest BCUT2D eigenvalue weighted by Crippen LogP contribution is 2.19. The minimum atomic E-state index is -1.07. The van der Waals surface area contributed by atoms with Gasteiger partial charge < -0.3 is 9.84 Å². The molecule has 0 saturated carbocycles. The Kier molecular flexibility index (Phi) is 5.10. The molecule has 18 heavy (non-hydrogen) atoms. The van der Waals surface area contributed by atoms with Crippen molar-refractivity contribution in [2.45, 2.75) is 6.42 Å². The molecule has 6 nitrogen and oxygen atoms in total. The molecule has 6 heteroatoms. The van der Waals surface area contributed by atoms with Crippen LogP contribution in [0.15, 0.2) is 23.3 Å². The van der Waals surface area contributed by atoms with Crippen LogP contribution in [0.1, 0.15) is 22.3 Å². The summed E-state index contributed by atoms with van der Waals surface area (Å²) in [4.78, 5) is 13.6. The van der Waals surface area contributed by atoms with Crippen LogP contribution in [0.4, 0.5) is 0 Å². The lowest BCUT2D eigenvalue weighted by atomic mass is 10.1. The zero-order valence-corrected chi connectivity index (χ0v) is 9.75. The van der Waals surface area contributed by atoms with Gasteiger partial charge in [-0.25, -0.2) is 4.79 Å². The van der Waals surface area contributed by atoms with Gasteiger partial charge in [-0.2, -0.15) is 0 Å². The van der Waals surface area contributed by atoms with Gasteiger partial charge in [-0.05, 0) is 23.7 Å². The molecule has 0 aliphatic carbocycles. The quantitative estimate of drug-likeness (QED) is 0.290. The van der Waals surface area contributed by atoms with Crippen molar-refractivity contribution in [1.29, 1.82) is 0 Å². The number of methoxy groups -OCH3 is 1. The second-order valence-electron chi connectivity index (χ2n) is 3.23. The van der Waals surface area contributed by atoms with Gasteiger partial charge in [-0.15, -0.1) is 0 Å². The molecular weight excluding hydrogens is 234 g/mol. The molecule has 0 aromatic heterocycles. The van der Waals surface area contributed by atoms with Crippen LogP contribution >= 0.6 is 0 Å². The van der Waals surface area contributed by atoms with E-state index in [4.69, 9.17) is 15.4 Å². The van der Waals surface area contributed by atoms with Crippen LogP contribution in [0.3, 0.4) is 0 Å². The lowest BCUT2D eigenvalue weighted by Gasteiger charge is -2.04. The van der Waals surface area contributed by atoms with Crippen molar-refractivity contribution in [3.63, 3.8) is 0 Å². The maximum absolute atomic E-state index is 11.0. The average Bonchev–Trinajstić information content (AvgIpc) is 2.38. The smallest absolute Gasteiger partial charge is 0.339 e. The van der Waals surface area contributed by atoms with E-state index < -0.39 is 5.97 Å². The minimum Gasteiger partial charge on any atom is -0.496 e. The normalized spacial score (nSPS) is 8.72. The van der Waals surface area contributed by atoms with Crippen molar-refractivity contribution >= 4 is 5.97 Å². The van der Waals surface area contributed by atoms with Gasteiger partial charge in [-0.1, -0.05) is 17.0 Å². The van der Waals surface area contributed by atoms with E-state index in [0.717, 1.165) is 0 Å². The van der Waals surface area contributed by atoms with Crippen molar-refractivity contribution in [2.75, 3.05) is 13.7 Å². The Morgan fingerprint density at radius 2 is 2.39 bits per heavy atom. The summed E-state index contributed by atoms with van der Waals surface area (Å²) in [5.74, 6) is 4.82. The number of carbonyl (C=O) groups is 1. The molecule has 0 aliphatic rings. The summed E-state index contributed by atoms with van der Waals surface area (Å²) in [6.45, 7) is 0.297. The highest BCUT2D eigenvalue weighted by atomic mass is 16.5. The first-order valence-corrected chi connectivity index (χ1v) is 5.10. The molecule has 0 saturated heterocycles. The van der Waals surface area contributed by atoms with Crippen LogP contribution in [0.5, 0.6) is 5.75 Å². The first kappa shape index (κ1) is 13.4. The Bertz CT molecular complexity index is 551. The molecule has 1 N–H and O–H groups in total. The lowest BCUT2D eigenvalue weighted by molar-refractivity contribution is 0.0693. The Hall–Kier alpha value is -2.64. The van der Waals surface area contributed by atoms with Crippen LogP contribution in [0, 0.1) is 11.8 Å². The molecule has 0 bridgehead atoms. The van der Waals surface area contributed by atoms with E-state index in [1.54, 1.807) is 12.1 Å².